The zero-order chi connectivity index (χ0) is 20.9. The van der Waals surface area contributed by atoms with Gasteiger partial charge in [-0.2, -0.15) is 4.67 Å². The van der Waals surface area contributed by atoms with Crippen molar-refractivity contribution < 1.29 is 9.42 Å². The molecule has 2 aromatic carbocycles. The number of hydrogen-bond donors (Lipinski definition) is 0. The van der Waals surface area contributed by atoms with Crippen LogP contribution >= 0.6 is 7.87 Å². The Kier molecular flexibility index (Phi) is 7.51. The highest BCUT2D eigenvalue weighted by molar-refractivity contribution is 7.62. The lowest BCUT2D eigenvalue weighted by molar-refractivity contribution is -0.225. The standard InChI is InChI=1S/C25H36NO2P/c1-5-25(6-2,7-3)26-19-18-21(4)28-29(26,27)24(23-16-12-9-13-17-23)20-22-14-10-8-11-15-22/h8-17,21,24H,5-7,18-20H2,1-4H3/t21-,24-,29?/m1/s1. The van der Waals surface area contributed by atoms with Gasteiger partial charge in [0.05, 0.1) is 5.54 Å². The van der Waals surface area contributed by atoms with Gasteiger partial charge >= 0.3 is 0 Å². The van der Waals surface area contributed by atoms with E-state index in [9.17, 15) is 4.89 Å². The van der Waals surface area contributed by atoms with Crippen molar-refractivity contribution >= 4 is 7.87 Å². The Morgan fingerprint density at radius 2 is 1.55 bits per heavy atom. The van der Waals surface area contributed by atoms with Gasteiger partial charge in [0.15, 0.2) is 7.87 Å². The van der Waals surface area contributed by atoms with Crippen molar-refractivity contribution in [1.29, 1.82) is 0 Å². The molecule has 1 fully saturated rings. The Hall–Kier alpha value is -1.25. The predicted octanol–water partition coefficient (Wildman–Crippen LogP) is 6.17. The molecule has 2 aromatic rings. The lowest BCUT2D eigenvalue weighted by Crippen LogP contribution is -2.55. The van der Waals surface area contributed by atoms with Crippen LogP contribution in [0.2, 0.25) is 0 Å². The minimum absolute atomic E-state index is 0.0161. The zero-order valence-electron chi connectivity index (χ0n) is 18.4. The van der Waals surface area contributed by atoms with E-state index >= 15 is 0 Å². The first-order chi connectivity index (χ1) is 14.0. The third kappa shape index (κ3) is 4.59. The van der Waals surface area contributed by atoms with Crippen LogP contribution in [0.1, 0.15) is 70.2 Å². The largest absolute Gasteiger partial charge is 0.641 e. The monoisotopic (exact) mass is 413 g/mol. The SMILES string of the molecule is CCC(CC)(CC)N1CC[C@@H](C)O[P+]1([O-])[C@H](Cc1ccccc1)c1ccccc1. The van der Waals surface area contributed by atoms with Gasteiger partial charge in [-0.3, -0.25) is 0 Å². The number of nitrogens with zero attached hydrogens (tertiary/aromatic N) is 1. The molecule has 0 radical (unpaired) electrons. The normalized spacial score (nSPS) is 24.4. The predicted molar refractivity (Wildman–Crippen MR) is 122 cm³/mol. The highest BCUT2D eigenvalue weighted by atomic mass is 31.2. The molecule has 3 atom stereocenters. The molecule has 1 unspecified atom stereocenters. The molecule has 0 amide bonds. The van der Waals surface area contributed by atoms with Crippen LogP contribution in [0, 0.1) is 0 Å². The zero-order valence-corrected chi connectivity index (χ0v) is 19.3. The molecule has 0 aromatic heterocycles. The maximum Gasteiger partial charge on any atom is 0.182 e. The topological polar surface area (TPSA) is 35.5 Å². The molecule has 0 N–H and O–H groups in total. The quantitative estimate of drug-likeness (QED) is 0.485. The molecule has 29 heavy (non-hydrogen) atoms. The van der Waals surface area contributed by atoms with Crippen LogP contribution in [0.25, 0.3) is 0 Å². The summed E-state index contributed by atoms with van der Waals surface area (Å²) in [5.41, 5.74) is 2.06. The second-order valence-electron chi connectivity index (χ2n) is 8.29. The molecule has 158 valence electrons. The number of benzene rings is 2. The van der Waals surface area contributed by atoms with Crippen LogP contribution in [0.3, 0.4) is 0 Å². The van der Waals surface area contributed by atoms with Gasteiger partial charge in [0.1, 0.15) is 11.8 Å². The van der Waals surface area contributed by atoms with Gasteiger partial charge in [0, 0.05) is 13.0 Å². The van der Waals surface area contributed by atoms with Crippen LogP contribution < -0.4 is 4.89 Å². The van der Waals surface area contributed by atoms with E-state index in [2.05, 4.69) is 68.8 Å². The van der Waals surface area contributed by atoms with Crippen LogP contribution in [0.5, 0.6) is 0 Å². The smallest absolute Gasteiger partial charge is 0.182 e. The molecule has 0 spiro atoms. The maximum absolute atomic E-state index is 14.9. The highest BCUT2D eigenvalue weighted by Crippen LogP contribution is 2.72. The molecule has 4 heteroatoms. The van der Waals surface area contributed by atoms with E-state index in [1.807, 2.05) is 24.3 Å². The van der Waals surface area contributed by atoms with Gasteiger partial charge in [0.25, 0.3) is 0 Å². The molecule has 0 saturated carbocycles. The maximum atomic E-state index is 14.9. The fourth-order valence-corrected chi connectivity index (χ4v) is 8.44. The van der Waals surface area contributed by atoms with Crippen molar-refractivity contribution in [3.63, 3.8) is 0 Å². The molecule has 0 aliphatic carbocycles. The summed E-state index contributed by atoms with van der Waals surface area (Å²) in [5.74, 6) is 0. The van der Waals surface area contributed by atoms with Gasteiger partial charge in [-0.1, -0.05) is 81.4 Å². The summed E-state index contributed by atoms with van der Waals surface area (Å²) in [6.45, 7) is 9.59. The summed E-state index contributed by atoms with van der Waals surface area (Å²) in [4.78, 5) is 14.9. The molecule has 1 aliphatic rings. The van der Waals surface area contributed by atoms with Crippen molar-refractivity contribution in [1.82, 2.24) is 4.67 Å². The molecule has 1 heterocycles. The van der Waals surface area contributed by atoms with Gasteiger partial charge in [-0.15, -0.1) is 0 Å². The summed E-state index contributed by atoms with van der Waals surface area (Å²) in [6, 6.07) is 20.8. The lowest BCUT2D eigenvalue weighted by Gasteiger charge is -2.55. The number of rotatable bonds is 8. The van der Waals surface area contributed by atoms with Crippen molar-refractivity contribution in [3.05, 3.63) is 71.8 Å². The molecule has 3 rings (SSSR count). The Morgan fingerprint density at radius 1 is 1.00 bits per heavy atom. The van der Waals surface area contributed by atoms with E-state index in [4.69, 9.17) is 4.52 Å². The molecule has 3 nitrogen and oxygen atoms in total. The van der Waals surface area contributed by atoms with E-state index in [0.717, 1.165) is 44.2 Å². The Balaban J connectivity index is 2.10. The first-order valence-electron chi connectivity index (χ1n) is 11.1. The second-order valence-corrected chi connectivity index (χ2v) is 10.7. The summed E-state index contributed by atoms with van der Waals surface area (Å²) < 4.78 is 8.76. The summed E-state index contributed by atoms with van der Waals surface area (Å²) in [7, 11) is -3.11. The van der Waals surface area contributed by atoms with Crippen LogP contribution in [-0.4, -0.2) is 22.9 Å². The fraction of sp³-hybridized carbons (Fsp3) is 0.520. The average molecular weight is 414 g/mol. The Morgan fingerprint density at radius 3 is 2.10 bits per heavy atom. The minimum atomic E-state index is -3.11. The first kappa shape index (κ1) is 22.4. The molecule has 1 saturated heterocycles. The summed E-state index contributed by atoms with van der Waals surface area (Å²) >= 11 is 0. The summed E-state index contributed by atoms with van der Waals surface area (Å²) in [5, 5.41) is 0. The van der Waals surface area contributed by atoms with Gasteiger partial charge in [-0.25, -0.2) is 4.52 Å². The minimum Gasteiger partial charge on any atom is -0.641 e. The van der Waals surface area contributed by atoms with E-state index in [-0.39, 0.29) is 17.3 Å². The molecular formula is C25H36NO2P. The van der Waals surface area contributed by atoms with Crippen molar-refractivity contribution in [2.24, 2.45) is 0 Å². The third-order valence-corrected chi connectivity index (χ3v) is 10.0. The molecule has 0 bridgehead atoms. The fourth-order valence-electron chi connectivity index (χ4n) is 4.82. The van der Waals surface area contributed by atoms with Crippen molar-refractivity contribution in [3.8, 4) is 0 Å². The molecular weight excluding hydrogens is 377 g/mol. The third-order valence-electron chi connectivity index (χ3n) is 6.79. The number of hydrogen-bond acceptors (Lipinski definition) is 3. The van der Waals surface area contributed by atoms with Crippen molar-refractivity contribution in [2.75, 3.05) is 6.54 Å². The van der Waals surface area contributed by atoms with E-state index in [0.29, 0.717) is 0 Å². The Bertz CT molecular complexity index is 742. The van der Waals surface area contributed by atoms with Crippen LogP contribution in [-0.2, 0) is 10.9 Å². The van der Waals surface area contributed by atoms with Gasteiger partial charge in [-0.05, 0) is 43.7 Å². The summed E-state index contributed by atoms with van der Waals surface area (Å²) in [6.07, 6.45) is 4.61. The van der Waals surface area contributed by atoms with Gasteiger partial charge in [0.2, 0.25) is 0 Å². The molecule has 1 aliphatic heterocycles. The Labute approximate surface area is 177 Å². The lowest BCUT2D eigenvalue weighted by atomic mass is 9.89. The highest BCUT2D eigenvalue weighted by Gasteiger charge is 2.55. The van der Waals surface area contributed by atoms with E-state index in [1.165, 1.54) is 5.56 Å². The van der Waals surface area contributed by atoms with Crippen LogP contribution in [0.15, 0.2) is 60.7 Å². The van der Waals surface area contributed by atoms with Crippen LogP contribution in [0.4, 0.5) is 0 Å². The van der Waals surface area contributed by atoms with E-state index < -0.39 is 7.87 Å². The second kappa shape index (κ2) is 9.71. The average Bonchev–Trinajstić information content (AvgIpc) is 2.76. The van der Waals surface area contributed by atoms with Gasteiger partial charge < -0.3 is 4.89 Å². The van der Waals surface area contributed by atoms with E-state index in [1.54, 1.807) is 0 Å². The van der Waals surface area contributed by atoms with Crippen molar-refractivity contribution in [2.45, 2.75) is 77.1 Å². The first-order valence-corrected chi connectivity index (χ1v) is 12.8.